The van der Waals surface area contributed by atoms with Gasteiger partial charge in [0, 0.05) is 10.5 Å². The van der Waals surface area contributed by atoms with Gasteiger partial charge in [-0.15, -0.1) is 0 Å². The molecule has 0 aliphatic carbocycles. The number of hydrogen-bond donors (Lipinski definition) is 1. The summed E-state index contributed by atoms with van der Waals surface area (Å²) in [6.45, 7) is 5.45. The average Bonchev–Trinajstić information content (AvgIpc) is 2.31. The van der Waals surface area contributed by atoms with Crippen LogP contribution in [-0.4, -0.2) is 12.6 Å². The maximum absolute atomic E-state index is 13.1. The summed E-state index contributed by atoms with van der Waals surface area (Å²) in [5.41, 5.74) is 1.06. The highest BCUT2D eigenvalue weighted by atomic mass is 79.9. The van der Waals surface area contributed by atoms with Gasteiger partial charge in [0.25, 0.3) is 0 Å². The van der Waals surface area contributed by atoms with E-state index in [2.05, 4.69) is 35.1 Å². The Morgan fingerprint density at radius 1 is 1.41 bits per heavy atom. The molecule has 1 N–H and O–H groups in total. The Kier molecular flexibility index (Phi) is 6.75. The molecule has 0 bridgehead atoms. The maximum atomic E-state index is 13.1. The van der Waals surface area contributed by atoms with Crippen LogP contribution in [0.3, 0.4) is 0 Å². The third-order valence-corrected chi connectivity index (χ3v) is 3.61. The summed E-state index contributed by atoms with van der Waals surface area (Å²) in [6.07, 6.45) is 4.30. The van der Waals surface area contributed by atoms with Gasteiger partial charge in [0.1, 0.15) is 5.82 Å². The van der Waals surface area contributed by atoms with Crippen LogP contribution in [-0.2, 0) is 6.42 Å². The lowest BCUT2D eigenvalue weighted by Crippen LogP contribution is -2.26. The number of halogens is 2. The number of hydrogen-bond acceptors (Lipinski definition) is 1. The molecule has 0 aliphatic heterocycles. The Balaban J connectivity index is 2.32. The summed E-state index contributed by atoms with van der Waals surface area (Å²) >= 11 is 3.46. The Morgan fingerprint density at radius 3 is 2.88 bits per heavy atom. The van der Waals surface area contributed by atoms with E-state index in [1.54, 1.807) is 12.1 Å². The van der Waals surface area contributed by atoms with E-state index in [1.807, 2.05) is 0 Å². The van der Waals surface area contributed by atoms with Crippen LogP contribution in [0.2, 0.25) is 0 Å². The van der Waals surface area contributed by atoms with Crippen LogP contribution >= 0.6 is 15.9 Å². The van der Waals surface area contributed by atoms with Crippen LogP contribution in [0.1, 0.15) is 38.7 Å². The summed E-state index contributed by atoms with van der Waals surface area (Å²) in [5, 5.41) is 3.46. The third kappa shape index (κ3) is 5.64. The molecule has 96 valence electrons. The molecule has 1 aromatic carbocycles. The van der Waals surface area contributed by atoms with Gasteiger partial charge in [-0.25, -0.2) is 4.39 Å². The third-order valence-electron chi connectivity index (χ3n) is 2.83. The first-order valence-electron chi connectivity index (χ1n) is 6.30. The Labute approximate surface area is 112 Å². The van der Waals surface area contributed by atoms with Gasteiger partial charge >= 0.3 is 0 Å². The fourth-order valence-electron chi connectivity index (χ4n) is 1.83. The van der Waals surface area contributed by atoms with Crippen molar-refractivity contribution < 1.29 is 4.39 Å². The van der Waals surface area contributed by atoms with Crippen molar-refractivity contribution in [1.82, 2.24) is 5.32 Å². The van der Waals surface area contributed by atoms with Gasteiger partial charge < -0.3 is 5.32 Å². The molecule has 3 heteroatoms. The molecule has 1 rings (SSSR count). The zero-order valence-electron chi connectivity index (χ0n) is 10.6. The Bertz CT molecular complexity index is 341. The highest BCUT2D eigenvalue weighted by Gasteiger charge is 2.04. The monoisotopic (exact) mass is 301 g/mol. The van der Waals surface area contributed by atoms with E-state index in [-0.39, 0.29) is 5.82 Å². The quantitative estimate of drug-likeness (QED) is 0.792. The van der Waals surface area contributed by atoms with Gasteiger partial charge in [-0.2, -0.15) is 0 Å². The first-order chi connectivity index (χ1) is 8.13. The minimum Gasteiger partial charge on any atom is -0.314 e. The first-order valence-corrected chi connectivity index (χ1v) is 7.10. The lowest BCUT2D eigenvalue weighted by Gasteiger charge is -2.13. The van der Waals surface area contributed by atoms with Crippen molar-refractivity contribution >= 4 is 15.9 Å². The van der Waals surface area contributed by atoms with Crippen LogP contribution in [0.25, 0.3) is 0 Å². The Morgan fingerprint density at radius 2 is 2.18 bits per heavy atom. The molecular weight excluding hydrogens is 281 g/mol. The molecule has 1 aromatic rings. The summed E-state index contributed by atoms with van der Waals surface area (Å²) in [7, 11) is 0. The first kappa shape index (κ1) is 14.7. The zero-order valence-corrected chi connectivity index (χ0v) is 12.2. The van der Waals surface area contributed by atoms with Gasteiger partial charge in [-0.1, -0.05) is 22.9 Å². The predicted molar refractivity (Wildman–Crippen MR) is 74.8 cm³/mol. The van der Waals surface area contributed by atoms with Crippen LogP contribution in [0.5, 0.6) is 0 Å². The van der Waals surface area contributed by atoms with Crippen LogP contribution in [0.4, 0.5) is 4.39 Å². The second-order valence-corrected chi connectivity index (χ2v) is 5.34. The van der Waals surface area contributed by atoms with E-state index in [4.69, 9.17) is 0 Å². The number of benzene rings is 1. The van der Waals surface area contributed by atoms with Crippen molar-refractivity contribution in [1.29, 1.82) is 0 Å². The fourth-order valence-corrected chi connectivity index (χ4v) is 2.27. The molecule has 0 saturated carbocycles. The minimum absolute atomic E-state index is 0.152. The highest BCUT2D eigenvalue weighted by molar-refractivity contribution is 9.10. The summed E-state index contributed by atoms with van der Waals surface area (Å²) in [6, 6.07) is 5.43. The molecule has 0 heterocycles. The topological polar surface area (TPSA) is 12.0 Å². The molecule has 0 aliphatic rings. The lowest BCUT2D eigenvalue weighted by atomic mass is 10.1. The van der Waals surface area contributed by atoms with E-state index in [0.717, 1.165) is 35.8 Å². The molecular formula is C14H21BrFN. The normalized spacial score (nSPS) is 12.7. The van der Waals surface area contributed by atoms with E-state index in [1.165, 1.54) is 12.5 Å². The van der Waals surface area contributed by atoms with Gasteiger partial charge in [0.05, 0.1) is 0 Å². The number of nitrogens with one attached hydrogen (secondary N) is 1. The average molecular weight is 302 g/mol. The summed E-state index contributed by atoms with van der Waals surface area (Å²) in [5.74, 6) is -0.152. The van der Waals surface area contributed by atoms with Crippen molar-refractivity contribution in [2.75, 3.05) is 6.54 Å². The summed E-state index contributed by atoms with van der Waals surface area (Å²) in [4.78, 5) is 0. The van der Waals surface area contributed by atoms with Crippen molar-refractivity contribution in [3.8, 4) is 0 Å². The number of aryl methyl sites for hydroxylation is 1. The predicted octanol–water partition coefficient (Wildman–Crippen LogP) is 4.30. The van der Waals surface area contributed by atoms with Gasteiger partial charge in [-0.3, -0.25) is 0 Å². The van der Waals surface area contributed by atoms with Crippen molar-refractivity contribution in [2.24, 2.45) is 0 Å². The maximum Gasteiger partial charge on any atom is 0.123 e. The molecule has 1 nitrogen and oxygen atoms in total. The largest absolute Gasteiger partial charge is 0.314 e. The molecule has 0 aromatic heterocycles. The van der Waals surface area contributed by atoms with Crippen LogP contribution < -0.4 is 5.32 Å². The lowest BCUT2D eigenvalue weighted by molar-refractivity contribution is 0.498. The van der Waals surface area contributed by atoms with Crippen molar-refractivity contribution in [3.05, 3.63) is 34.1 Å². The Hall–Kier alpha value is -0.410. The van der Waals surface area contributed by atoms with E-state index in [9.17, 15) is 4.39 Å². The minimum atomic E-state index is -0.152. The molecule has 1 atom stereocenters. The zero-order chi connectivity index (χ0) is 12.7. The van der Waals surface area contributed by atoms with Crippen LogP contribution in [0.15, 0.2) is 22.7 Å². The summed E-state index contributed by atoms with van der Waals surface area (Å²) < 4.78 is 14.1. The molecule has 0 radical (unpaired) electrons. The van der Waals surface area contributed by atoms with Gasteiger partial charge in [-0.05, 0) is 62.9 Å². The molecule has 0 fully saturated rings. The van der Waals surface area contributed by atoms with Crippen LogP contribution in [0, 0.1) is 5.82 Å². The molecule has 0 saturated heterocycles. The van der Waals surface area contributed by atoms with Crippen molar-refractivity contribution in [2.45, 2.75) is 45.6 Å². The van der Waals surface area contributed by atoms with Crippen molar-refractivity contribution in [3.63, 3.8) is 0 Å². The highest BCUT2D eigenvalue weighted by Crippen LogP contribution is 2.20. The van der Waals surface area contributed by atoms with E-state index in [0.29, 0.717) is 6.04 Å². The second-order valence-electron chi connectivity index (χ2n) is 4.48. The fraction of sp³-hybridized carbons (Fsp3) is 0.571. The SMILES string of the molecule is CCCNC(C)CCCc1cc(F)ccc1Br. The van der Waals surface area contributed by atoms with E-state index >= 15 is 0 Å². The second kappa shape index (κ2) is 7.83. The molecule has 0 spiro atoms. The van der Waals surface area contributed by atoms with Gasteiger partial charge in [0.15, 0.2) is 0 Å². The standard InChI is InChI=1S/C14H21BrFN/c1-3-9-17-11(2)5-4-6-12-10-13(16)7-8-14(12)15/h7-8,10-11,17H,3-6,9H2,1-2H3. The smallest absolute Gasteiger partial charge is 0.123 e. The number of rotatable bonds is 7. The molecule has 1 unspecified atom stereocenters. The van der Waals surface area contributed by atoms with E-state index < -0.39 is 0 Å². The molecule has 17 heavy (non-hydrogen) atoms. The van der Waals surface area contributed by atoms with Gasteiger partial charge in [0.2, 0.25) is 0 Å². The molecule has 0 amide bonds.